The van der Waals surface area contributed by atoms with Gasteiger partial charge in [-0.3, -0.25) is 4.79 Å². The number of nitrogens with one attached hydrogen (secondary N) is 1. The van der Waals surface area contributed by atoms with Crippen LogP contribution in [0.15, 0.2) is 53.9 Å². The fraction of sp³-hybridized carbons (Fsp3) is 0.190. The Labute approximate surface area is 166 Å². The third-order valence-electron chi connectivity index (χ3n) is 4.00. The first-order valence-corrected chi connectivity index (χ1v) is 9.56. The van der Waals surface area contributed by atoms with Crippen molar-refractivity contribution in [3.63, 3.8) is 0 Å². The van der Waals surface area contributed by atoms with E-state index in [0.29, 0.717) is 22.8 Å². The highest BCUT2D eigenvalue weighted by molar-refractivity contribution is 7.09. The molecule has 0 atom stereocenters. The molecule has 0 fully saturated rings. The van der Waals surface area contributed by atoms with E-state index < -0.39 is 11.8 Å². The van der Waals surface area contributed by atoms with Gasteiger partial charge in [0.05, 0.1) is 17.7 Å². The largest absolute Gasteiger partial charge is 0.456 e. The van der Waals surface area contributed by atoms with Crippen molar-refractivity contribution in [2.45, 2.75) is 26.5 Å². The second kappa shape index (κ2) is 9.23. The number of carbonyl (C=O) groups excluding carboxylic acids is 2. The molecule has 0 aliphatic carbocycles. The number of hydrogen-bond acceptors (Lipinski definition) is 5. The second-order valence-corrected chi connectivity index (χ2v) is 7.15. The number of thiazole rings is 1. The van der Waals surface area contributed by atoms with Gasteiger partial charge in [-0.05, 0) is 30.2 Å². The molecule has 1 aromatic heterocycles. The average molecular weight is 398 g/mol. The molecular weight excluding hydrogens is 379 g/mol. The summed E-state index contributed by atoms with van der Waals surface area (Å²) >= 11 is 1.33. The van der Waals surface area contributed by atoms with Crippen molar-refractivity contribution < 1.29 is 18.7 Å². The van der Waals surface area contributed by atoms with E-state index in [4.69, 9.17) is 4.74 Å². The van der Waals surface area contributed by atoms with Crippen LogP contribution in [-0.2, 0) is 29.1 Å². The molecule has 28 heavy (non-hydrogen) atoms. The number of carbonyl (C=O) groups is 2. The van der Waals surface area contributed by atoms with Crippen LogP contribution in [0.5, 0.6) is 0 Å². The number of hydrogen-bond donors (Lipinski definition) is 1. The Kier molecular flexibility index (Phi) is 6.49. The molecule has 1 heterocycles. The number of amides is 1. The van der Waals surface area contributed by atoms with Crippen LogP contribution in [0.2, 0.25) is 0 Å². The molecule has 0 spiro atoms. The summed E-state index contributed by atoms with van der Waals surface area (Å²) in [5.41, 5.74) is 2.19. The topological polar surface area (TPSA) is 68.3 Å². The third-order valence-corrected chi connectivity index (χ3v) is 4.90. The molecule has 1 amide bonds. The SMILES string of the molecule is Cc1ccc(C(=O)OCc2csc(CC(=O)NCc3ccccc3)n2)cc1F. The highest BCUT2D eigenvalue weighted by atomic mass is 32.1. The molecule has 0 aliphatic heterocycles. The van der Waals surface area contributed by atoms with E-state index >= 15 is 0 Å². The molecule has 0 saturated carbocycles. The van der Waals surface area contributed by atoms with Gasteiger partial charge < -0.3 is 10.1 Å². The van der Waals surface area contributed by atoms with E-state index in [0.717, 1.165) is 11.6 Å². The Morgan fingerprint density at radius 3 is 2.71 bits per heavy atom. The summed E-state index contributed by atoms with van der Waals surface area (Å²) in [6, 6.07) is 13.8. The maximum atomic E-state index is 13.5. The summed E-state index contributed by atoms with van der Waals surface area (Å²) in [7, 11) is 0. The predicted octanol–water partition coefficient (Wildman–Crippen LogP) is 3.81. The van der Waals surface area contributed by atoms with Gasteiger partial charge in [0.15, 0.2) is 0 Å². The van der Waals surface area contributed by atoms with Crippen molar-refractivity contribution in [3.8, 4) is 0 Å². The van der Waals surface area contributed by atoms with Crippen molar-refractivity contribution in [1.29, 1.82) is 0 Å². The fourth-order valence-corrected chi connectivity index (χ4v) is 3.21. The molecule has 144 valence electrons. The Balaban J connectivity index is 1.47. The van der Waals surface area contributed by atoms with Crippen molar-refractivity contribution in [2.75, 3.05) is 0 Å². The Hall–Kier alpha value is -3.06. The zero-order valence-corrected chi connectivity index (χ0v) is 16.1. The number of aromatic nitrogens is 1. The quantitative estimate of drug-likeness (QED) is 0.615. The molecule has 1 N–H and O–H groups in total. The molecule has 0 saturated heterocycles. The standard InChI is InChI=1S/C21H19FN2O3S/c1-14-7-8-16(9-18(14)22)21(26)27-12-17-13-28-20(24-17)10-19(25)23-11-15-5-3-2-4-6-15/h2-9,13H,10-12H2,1H3,(H,23,25). The number of benzene rings is 2. The minimum Gasteiger partial charge on any atom is -0.456 e. The van der Waals surface area contributed by atoms with Crippen molar-refractivity contribution in [1.82, 2.24) is 10.3 Å². The molecule has 0 radical (unpaired) electrons. The van der Waals surface area contributed by atoms with Crippen LogP contribution in [0.25, 0.3) is 0 Å². The van der Waals surface area contributed by atoms with Crippen LogP contribution in [0.1, 0.15) is 32.2 Å². The normalized spacial score (nSPS) is 10.5. The van der Waals surface area contributed by atoms with Crippen LogP contribution in [0, 0.1) is 12.7 Å². The van der Waals surface area contributed by atoms with Crippen LogP contribution in [0.4, 0.5) is 4.39 Å². The maximum Gasteiger partial charge on any atom is 0.338 e. The lowest BCUT2D eigenvalue weighted by Gasteiger charge is -2.04. The van der Waals surface area contributed by atoms with Gasteiger partial charge in [-0.1, -0.05) is 36.4 Å². The second-order valence-electron chi connectivity index (χ2n) is 6.21. The van der Waals surface area contributed by atoms with Gasteiger partial charge in [0, 0.05) is 11.9 Å². The molecule has 2 aromatic carbocycles. The van der Waals surface area contributed by atoms with Gasteiger partial charge in [-0.2, -0.15) is 0 Å². The number of aryl methyl sites for hydroxylation is 1. The van der Waals surface area contributed by atoms with E-state index in [1.165, 1.54) is 23.5 Å². The van der Waals surface area contributed by atoms with Gasteiger partial charge in [-0.25, -0.2) is 14.2 Å². The smallest absolute Gasteiger partial charge is 0.338 e. The Bertz CT molecular complexity index is 973. The molecule has 3 rings (SSSR count). The van der Waals surface area contributed by atoms with E-state index in [1.54, 1.807) is 12.3 Å². The summed E-state index contributed by atoms with van der Waals surface area (Å²) in [6.07, 6.45) is 0.161. The first-order valence-electron chi connectivity index (χ1n) is 8.68. The summed E-state index contributed by atoms with van der Waals surface area (Å²) in [4.78, 5) is 28.4. The van der Waals surface area contributed by atoms with Crippen LogP contribution >= 0.6 is 11.3 Å². The molecular formula is C21H19FN2O3S. The van der Waals surface area contributed by atoms with E-state index in [1.807, 2.05) is 30.3 Å². The highest BCUT2D eigenvalue weighted by Crippen LogP contribution is 2.14. The van der Waals surface area contributed by atoms with Crippen LogP contribution < -0.4 is 5.32 Å². The van der Waals surface area contributed by atoms with Gasteiger partial charge >= 0.3 is 5.97 Å². The van der Waals surface area contributed by atoms with Crippen LogP contribution in [0.3, 0.4) is 0 Å². The number of ether oxygens (including phenoxy) is 1. The fourth-order valence-electron chi connectivity index (χ4n) is 2.44. The lowest BCUT2D eigenvalue weighted by atomic mass is 10.1. The molecule has 5 nitrogen and oxygen atoms in total. The van der Waals surface area contributed by atoms with E-state index in [9.17, 15) is 14.0 Å². The average Bonchev–Trinajstić information content (AvgIpc) is 3.14. The minimum absolute atomic E-state index is 0.0313. The van der Waals surface area contributed by atoms with Crippen molar-refractivity contribution in [3.05, 3.63) is 87.1 Å². The van der Waals surface area contributed by atoms with Crippen molar-refractivity contribution >= 4 is 23.2 Å². The molecule has 0 unspecified atom stereocenters. The van der Waals surface area contributed by atoms with Crippen molar-refractivity contribution in [2.24, 2.45) is 0 Å². The monoisotopic (exact) mass is 398 g/mol. The van der Waals surface area contributed by atoms with E-state index in [2.05, 4.69) is 10.3 Å². The first-order chi connectivity index (χ1) is 13.5. The van der Waals surface area contributed by atoms with Gasteiger partial charge in [0.25, 0.3) is 0 Å². The summed E-state index contributed by atoms with van der Waals surface area (Å²) in [6.45, 7) is 2.05. The Morgan fingerprint density at radius 1 is 1.18 bits per heavy atom. The molecule has 0 bridgehead atoms. The molecule has 0 aliphatic rings. The maximum absolute atomic E-state index is 13.5. The third kappa shape index (κ3) is 5.47. The van der Waals surface area contributed by atoms with Gasteiger partial charge in [0.2, 0.25) is 5.91 Å². The predicted molar refractivity (Wildman–Crippen MR) is 104 cm³/mol. The van der Waals surface area contributed by atoms with Gasteiger partial charge in [-0.15, -0.1) is 11.3 Å². The summed E-state index contributed by atoms with van der Waals surface area (Å²) in [5.74, 6) is -1.20. The lowest BCUT2D eigenvalue weighted by molar-refractivity contribution is -0.120. The molecule has 3 aromatic rings. The lowest BCUT2D eigenvalue weighted by Crippen LogP contribution is -2.24. The van der Waals surface area contributed by atoms with Crippen LogP contribution in [-0.4, -0.2) is 16.9 Å². The zero-order chi connectivity index (χ0) is 19.9. The number of halogens is 1. The minimum atomic E-state index is -0.617. The van der Waals surface area contributed by atoms with E-state index in [-0.39, 0.29) is 24.5 Å². The summed E-state index contributed by atoms with van der Waals surface area (Å²) < 4.78 is 18.7. The Morgan fingerprint density at radius 2 is 1.96 bits per heavy atom. The number of esters is 1. The summed E-state index contributed by atoms with van der Waals surface area (Å²) in [5, 5.41) is 5.22. The molecule has 7 heteroatoms. The number of rotatable bonds is 7. The van der Waals surface area contributed by atoms with Gasteiger partial charge in [0.1, 0.15) is 17.4 Å². The first kappa shape index (κ1) is 19.7. The zero-order valence-electron chi connectivity index (χ0n) is 15.3. The highest BCUT2D eigenvalue weighted by Gasteiger charge is 2.12. The number of nitrogens with zero attached hydrogens (tertiary/aromatic N) is 1.